The standard InChI is InChI=1S/C20H19F2N7O2/c1-12(27-23)17(26-15-5-3-13(4-6-15)19(21)22)11-31-18-8-7-16(28-29-18)14-9-24-20(30-2)25-10-14/h3-10,19H,11,23H2,1-2H3. The van der Waals surface area contributed by atoms with Crippen molar-refractivity contribution in [1.29, 1.82) is 0 Å². The number of aromatic nitrogens is 4. The highest BCUT2D eigenvalue weighted by Gasteiger charge is 2.10. The minimum Gasteiger partial charge on any atom is -0.470 e. The van der Waals surface area contributed by atoms with E-state index in [4.69, 9.17) is 15.3 Å². The average Bonchev–Trinajstić information content (AvgIpc) is 2.82. The van der Waals surface area contributed by atoms with E-state index in [2.05, 4.69) is 30.3 Å². The molecule has 0 aliphatic carbocycles. The van der Waals surface area contributed by atoms with Gasteiger partial charge in [-0.1, -0.05) is 12.1 Å². The first-order chi connectivity index (χ1) is 15.0. The highest BCUT2D eigenvalue weighted by atomic mass is 19.3. The Labute approximate surface area is 176 Å². The van der Waals surface area contributed by atoms with Crippen molar-refractivity contribution in [3.8, 4) is 23.1 Å². The van der Waals surface area contributed by atoms with Crippen molar-refractivity contribution in [2.24, 2.45) is 15.9 Å². The van der Waals surface area contributed by atoms with Gasteiger partial charge in [-0.05, 0) is 25.1 Å². The maximum atomic E-state index is 12.7. The summed E-state index contributed by atoms with van der Waals surface area (Å²) in [6, 6.07) is 9.18. The number of nitrogens with zero attached hydrogens (tertiary/aromatic N) is 6. The summed E-state index contributed by atoms with van der Waals surface area (Å²) in [5.41, 5.74) is 2.45. The van der Waals surface area contributed by atoms with Gasteiger partial charge in [0.25, 0.3) is 6.43 Å². The molecular weight excluding hydrogens is 408 g/mol. The zero-order valence-corrected chi connectivity index (χ0v) is 16.7. The van der Waals surface area contributed by atoms with E-state index in [0.717, 1.165) is 0 Å². The van der Waals surface area contributed by atoms with E-state index < -0.39 is 6.43 Å². The van der Waals surface area contributed by atoms with E-state index in [1.165, 1.54) is 31.4 Å². The molecule has 3 rings (SSSR count). The molecule has 2 aromatic heterocycles. The third-order valence-corrected chi connectivity index (χ3v) is 4.12. The van der Waals surface area contributed by atoms with Crippen molar-refractivity contribution in [1.82, 2.24) is 20.2 Å². The van der Waals surface area contributed by atoms with Gasteiger partial charge in [-0.15, -0.1) is 10.2 Å². The Morgan fingerprint density at radius 1 is 1.06 bits per heavy atom. The van der Waals surface area contributed by atoms with Crippen LogP contribution in [0, 0.1) is 0 Å². The average molecular weight is 427 g/mol. The molecule has 0 fully saturated rings. The lowest BCUT2D eigenvalue weighted by Crippen LogP contribution is -2.21. The molecule has 2 N–H and O–H groups in total. The molecule has 9 nitrogen and oxygen atoms in total. The van der Waals surface area contributed by atoms with Crippen molar-refractivity contribution in [3.63, 3.8) is 0 Å². The predicted octanol–water partition coefficient (Wildman–Crippen LogP) is 3.37. The van der Waals surface area contributed by atoms with Gasteiger partial charge in [-0.2, -0.15) is 5.10 Å². The molecule has 3 aromatic rings. The maximum Gasteiger partial charge on any atom is 0.316 e. The van der Waals surface area contributed by atoms with Gasteiger partial charge in [0.2, 0.25) is 5.88 Å². The number of ether oxygens (including phenoxy) is 2. The Bertz CT molecular complexity index is 1050. The molecule has 1 aromatic carbocycles. The lowest BCUT2D eigenvalue weighted by molar-refractivity contribution is 0.151. The molecular formula is C20H19F2N7O2. The van der Waals surface area contributed by atoms with Gasteiger partial charge in [-0.3, -0.25) is 0 Å². The first-order valence-electron chi connectivity index (χ1n) is 9.03. The third kappa shape index (κ3) is 5.75. The van der Waals surface area contributed by atoms with Crippen LogP contribution in [0.5, 0.6) is 11.9 Å². The number of benzene rings is 1. The Kier molecular flexibility index (Phi) is 7.09. The fourth-order valence-electron chi connectivity index (χ4n) is 2.39. The lowest BCUT2D eigenvalue weighted by Gasteiger charge is -2.09. The first-order valence-corrected chi connectivity index (χ1v) is 9.03. The van der Waals surface area contributed by atoms with E-state index in [0.29, 0.717) is 28.4 Å². The molecule has 0 aliphatic rings. The van der Waals surface area contributed by atoms with Crippen LogP contribution in [0.2, 0.25) is 0 Å². The number of rotatable bonds is 8. The Balaban J connectivity index is 1.71. The second kappa shape index (κ2) is 10.1. The zero-order chi connectivity index (χ0) is 22.2. The molecule has 2 heterocycles. The summed E-state index contributed by atoms with van der Waals surface area (Å²) in [5, 5.41) is 11.8. The summed E-state index contributed by atoms with van der Waals surface area (Å²) in [6.45, 7) is 1.66. The number of nitrogens with two attached hydrogens (primary N) is 1. The van der Waals surface area contributed by atoms with Crippen LogP contribution in [-0.4, -0.2) is 45.3 Å². The van der Waals surface area contributed by atoms with Gasteiger partial charge in [0, 0.05) is 29.6 Å². The van der Waals surface area contributed by atoms with Crippen molar-refractivity contribution in [2.75, 3.05) is 13.7 Å². The van der Waals surface area contributed by atoms with Crippen LogP contribution in [0.1, 0.15) is 18.9 Å². The van der Waals surface area contributed by atoms with Crippen LogP contribution in [-0.2, 0) is 0 Å². The number of hydrazone groups is 1. The Hall–Kier alpha value is -4.02. The van der Waals surface area contributed by atoms with E-state index in [9.17, 15) is 8.78 Å². The maximum absolute atomic E-state index is 12.7. The van der Waals surface area contributed by atoms with Crippen LogP contribution >= 0.6 is 0 Å². The summed E-state index contributed by atoms with van der Waals surface area (Å²) in [7, 11) is 1.48. The molecule has 160 valence electrons. The van der Waals surface area contributed by atoms with Crippen LogP contribution in [0.4, 0.5) is 14.5 Å². The Morgan fingerprint density at radius 2 is 1.77 bits per heavy atom. The van der Waals surface area contributed by atoms with E-state index in [1.807, 2.05) is 0 Å². The molecule has 0 saturated carbocycles. The molecule has 0 amide bonds. The monoisotopic (exact) mass is 427 g/mol. The topological polar surface area (TPSA) is 121 Å². The third-order valence-electron chi connectivity index (χ3n) is 4.12. The molecule has 31 heavy (non-hydrogen) atoms. The quantitative estimate of drug-likeness (QED) is 0.332. The second-order valence-electron chi connectivity index (χ2n) is 6.17. The second-order valence-corrected chi connectivity index (χ2v) is 6.17. The zero-order valence-electron chi connectivity index (χ0n) is 16.7. The fourth-order valence-corrected chi connectivity index (χ4v) is 2.39. The number of methoxy groups -OCH3 is 1. The smallest absolute Gasteiger partial charge is 0.316 e. The molecule has 0 atom stereocenters. The number of alkyl halides is 2. The van der Waals surface area contributed by atoms with E-state index >= 15 is 0 Å². The number of halogens is 2. The molecule has 0 saturated heterocycles. The molecule has 11 heteroatoms. The fraction of sp³-hybridized carbons (Fsp3) is 0.200. The van der Waals surface area contributed by atoms with Crippen molar-refractivity contribution in [2.45, 2.75) is 13.3 Å². The molecule has 0 spiro atoms. The van der Waals surface area contributed by atoms with Gasteiger partial charge >= 0.3 is 6.01 Å². The van der Waals surface area contributed by atoms with Gasteiger partial charge < -0.3 is 15.3 Å². The summed E-state index contributed by atoms with van der Waals surface area (Å²) < 4.78 is 36.0. The van der Waals surface area contributed by atoms with Gasteiger partial charge in [0.1, 0.15) is 12.3 Å². The van der Waals surface area contributed by atoms with E-state index in [1.54, 1.807) is 31.5 Å². The van der Waals surface area contributed by atoms with Crippen LogP contribution in [0.15, 0.2) is 58.9 Å². The highest BCUT2D eigenvalue weighted by molar-refractivity contribution is 6.42. The highest BCUT2D eigenvalue weighted by Crippen LogP contribution is 2.22. The molecule has 0 bridgehead atoms. The first kappa shape index (κ1) is 21.7. The largest absolute Gasteiger partial charge is 0.470 e. The van der Waals surface area contributed by atoms with Crippen LogP contribution < -0.4 is 15.3 Å². The summed E-state index contributed by atoms with van der Waals surface area (Å²) >= 11 is 0. The molecule has 0 unspecified atom stereocenters. The van der Waals surface area contributed by atoms with Crippen molar-refractivity contribution in [3.05, 3.63) is 54.4 Å². The summed E-state index contributed by atoms with van der Waals surface area (Å²) in [4.78, 5) is 12.4. The number of hydrogen-bond donors (Lipinski definition) is 1. The minimum atomic E-state index is -2.54. The molecule has 0 aliphatic heterocycles. The summed E-state index contributed by atoms with van der Waals surface area (Å²) in [5.74, 6) is 5.62. The van der Waals surface area contributed by atoms with Gasteiger partial charge in [0.15, 0.2) is 0 Å². The minimum absolute atomic E-state index is 0.00278. The number of hydrogen-bond acceptors (Lipinski definition) is 9. The Morgan fingerprint density at radius 3 is 2.32 bits per heavy atom. The lowest BCUT2D eigenvalue weighted by atomic mass is 10.2. The van der Waals surface area contributed by atoms with Crippen LogP contribution in [0.25, 0.3) is 11.3 Å². The van der Waals surface area contributed by atoms with E-state index in [-0.39, 0.29) is 24.1 Å². The van der Waals surface area contributed by atoms with Gasteiger partial charge in [0.05, 0.1) is 24.2 Å². The predicted molar refractivity (Wildman–Crippen MR) is 111 cm³/mol. The van der Waals surface area contributed by atoms with Crippen molar-refractivity contribution >= 4 is 17.1 Å². The normalized spacial score (nSPS) is 12.2. The van der Waals surface area contributed by atoms with Crippen LogP contribution in [0.3, 0.4) is 0 Å². The molecule has 0 radical (unpaired) electrons. The van der Waals surface area contributed by atoms with Gasteiger partial charge in [-0.25, -0.2) is 23.7 Å². The SMILES string of the molecule is COc1ncc(-c2ccc(OCC(=Nc3ccc(C(F)F)cc3)C(C)=NN)nn2)cn1. The van der Waals surface area contributed by atoms with Crippen molar-refractivity contribution < 1.29 is 18.3 Å². The summed E-state index contributed by atoms with van der Waals surface area (Å²) in [6.07, 6.45) is 0.600. The number of aliphatic imine (C=N–C) groups is 1.